The van der Waals surface area contributed by atoms with Crippen molar-refractivity contribution in [2.45, 2.75) is 90.0 Å². The summed E-state index contributed by atoms with van der Waals surface area (Å²) < 4.78 is 18.9. The van der Waals surface area contributed by atoms with Crippen LogP contribution in [0.15, 0.2) is 24.3 Å². The van der Waals surface area contributed by atoms with Crippen LogP contribution in [0.5, 0.6) is 0 Å². The minimum Gasteiger partial charge on any atom is -0.444 e. The molecule has 170 valence electrons. The van der Waals surface area contributed by atoms with Crippen LogP contribution in [-0.4, -0.2) is 46.9 Å². The lowest BCUT2D eigenvalue weighted by molar-refractivity contribution is 0.0165. The van der Waals surface area contributed by atoms with Gasteiger partial charge < -0.3 is 20.1 Å². The van der Waals surface area contributed by atoms with Crippen molar-refractivity contribution in [3.63, 3.8) is 0 Å². The van der Waals surface area contributed by atoms with Crippen LogP contribution in [0.1, 0.15) is 78.4 Å². The third-order valence-corrected chi connectivity index (χ3v) is 5.85. The standard InChI is InChI=1S/C24H39FN2O3/c1-23(2,3)30-22(29)27(6)20-12-10-17(11-13-20)15-24(4,5)26-16-21(28)18-8-7-9-19(25)14-18/h7-9,14,17,20-21,26,28H,10-13,15-16H2,1-6H3/t17?,20?,21-/m0/s1. The van der Waals surface area contributed by atoms with E-state index in [9.17, 15) is 14.3 Å². The van der Waals surface area contributed by atoms with Gasteiger partial charge in [0.05, 0.1) is 6.10 Å². The zero-order valence-corrected chi connectivity index (χ0v) is 19.4. The van der Waals surface area contributed by atoms with E-state index in [0.29, 0.717) is 18.0 Å². The van der Waals surface area contributed by atoms with Crippen LogP contribution >= 0.6 is 0 Å². The Balaban J connectivity index is 1.78. The lowest BCUT2D eigenvalue weighted by Crippen LogP contribution is -2.45. The molecule has 1 amide bonds. The Morgan fingerprint density at radius 2 is 1.87 bits per heavy atom. The number of benzene rings is 1. The van der Waals surface area contributed by atoms with Gasteiger partial charge in [-0.25, -0.2) is 9.18 Å². The number of amides is 1. The number of ether oxygens (including phenoxy) is 1. The molecule has 2 N–H and O–H groups in total. The Hall–Kier alpha value is -1.66. The SMILES string of the molecule is CN(C(=O)OC(C)(C)C)C1CCC(CC(C)(C)NC[C@H](O)c2cccc(F)c2)CC1. The summed E-state index contributed by atoms with van der Waals surface area (Å²) in [5.41, 5.74) is -0.0269. The fourth-order valence-electron chi connectivity index (χ4n) is 4.22. The second kappa shape index (κ2) is 10.1. The van der Waals surface area contributed by atoms with Crippen molar-refractivity contribution >= 4 is 6.09 Å². The maximum Gasteiger partial charge on any atom is 0.410 e. The van der Waals surface area contributed by atoms with Crippen molar-refractivity contribution in [2.24, 2.45) is 5.92 Å². The highest BCUT2D eigenvalue weighted by atomic mass is 19.1. The second-order valence-corrected chi connectivity index (χ2v) is 10.3. The summed E-state index contributed by atoms with van der Waals surface area (Å²) in [6.07, 6.45) is 4.08. The van der Waals surface area contributed by atoms with Crippen molar-refractivity contribution in [1.29, 1.82) is 0 Å². The Morgan fingerprint density at radius 3 is 2.43 bits per heavy atom. The van der Waals surface area contributed by atoms with Crippen LogP contribution in [-0.2, 0) is 4.74 Å². The number of β-amino-alcohol motifs (C(OH)–C–C–N with tert-alkyl or cyclic N) is 1. The molecular formula is C24H39FN2O3. The van der Waals surface area contributed by atoms with Gasteiger partial charge in [-0.15, -0.1) is 0 Å². The van der Waals surface area contributed by atoms with Gasteiger partial charge in [0.25, 0.3) is 0 Å². The van der Waals surface area contributed by atoms with Gasteiger partial charge in [-0.2, -0.15) is 0 Å². The molecule has 1 aliphatic carbocycles. The van der Waals surface area contributed by atoms with Crippen molar-refractivity contribution < 1.29 is 19.0 Å². The molecule has 1 atom stereocenters. The van der Waals surface area contributed by atoms with Crippen LogP contribution in [0.4, 0.5) is 9.18 Å². The van der Waals surface area contributed by atoms with E-state index in [0.717, 1.165) is 32.1 Å². The number of carbonyl (C=O) groups excluding carboxylic acids is 1. The van der Waals surface area contributed by atoms with E-state index in [1.54, 1.807) is 17.0 Å². The number of hydrogen-bond donors (Lipinski definition) is 2. The fraction of sp³-hybridized carbons (Fsp3) is 0.708. The van der Waals surface area contributed by atoms with Crippen LogP contribution < -0.4 is 5.32 Å². The third-order valence-electron chi connectivity index (χ3n) is 5.85. The van der Waals surface area contributed by atoms with E-state index < -0.39 is 11.7 Å². The predicted molar refractivity (Wildman–Crippen MR) is 118 cm³/mol. The zero-order chi connectivity index (χ0) is 22.5. The van der Waals surface area contributed by atoms with Crippen LogP contribution in [0, 0.1) is 11.7 Å². The van der Waals surface area contributed by atoms with Crippen LogP contribution in [0.25, 0.3) is 0 Å². The van der Waals surface area contributed by atoms with E-state index in [1.807, 2.05) is 27.8 Å². The van der Waals surface area contributed by atoms with Crippen LogP contribution in [0.3, 0.4) is 0 Å². The number of halogens is 1. The summed E-state index contributed by atoms with van der Waals surface area (Å²) in [4.78, 5) is 14.1. The number of nitrogens with zero attached hydrogens (tertiary/aromatic N) is 1. The topological polar surface area (TPSA) is 61.8 Å². The molecule has 5 nitrogen and oxygen atoms in total. The molecule has 2 rings (SSSR count). The molecule has 1 saturated carbocycles. The van der Waals surface area contributed by atoms with Gasteiger partial charge in [0.2, 0.25) is 0 Å². The van der Waals surface area contributed by atoms with Gasteiger partial charge in [0.1, 0.15) is 11.4 Å². The van der Waals surface area contributed by atoms with E-state index in [1.165, 1.54) is 12.1 Å². The molecule has 0 heterocycles. The molecule has 1 aromatic carbocycles. The monoisotopic (exact) mass is 422 g/mol. The van der Waals surface area contributed by atoms with Crippen LogP contribution in [0.2, 0.25) is 0 Å². The van der Waals surface area contributed by atoms with Gasteiger partial charge in [-0.3, -0.25) is 0 Å². The fourth-order valence-corrected chi connectivity index (χ4v) is 4.22. The molecule has 0 aliphatic heterocycles. The Kier molecular flexibility index (Phi) is 8.28. The summed E-state index contributed by atoms with van der Waals surface area (Å²) >= 11 is 0. The maximum absolute atomic E-state index is 13.4. The molecule has 0 bridgehead atoms. The quantitative estimate of drug-likeness (QED) is 0.646. The smallest absolute Gasteiger partial charge is 0.410 e. The van der Waals surface area contributed by atoms with Gasteiger partial charge >= 0.3 is 6.09 Å². The summed E-state index contributed by atoms with van der Waals surface area (Å²) in [6, 6.07) is 6.34. The van der Waals surface area contributed by atoms with Gasteiger partial charge in [-0.05, 0) is 90.3 Å². The number of carbonyl (C=O) groups is 1. The van der Waals surface area contributed by atoms with E-state index in [4.69, 9.17) is 4.74 Å². The summed E-state index contributed by atoms with van der Waals surface area (Å²) in [5, 5.41) is 13.8. The lowest BCUT2D eigenvalue weighted by Gasteiger charge is -2.38. The second-order valence-electron chi connectivity index (χ2n) is 10.3. The number of nitrogens with one attached hydrogen (secondary N) is 1. The first-order valence-electron chi connectivity index (χ1n) is 11.0. The zero-order valence-electron chi connectivity index (χ0n) is 19.4. The molecular weight excluding hydrogens is 383 g/mol. The first kappa shape index (κ1) is 24.6. The highest BCUT2D eigenvalue weighted by Gasteiger charge is 2.32. The highest BCUT2D eigenvalue weighted by Crippen LogP contribution is 2.33. The molecule has 0 aromatic heterocycles. The lowest BCUT2D eigenvalue weighted by atomic mass is 9.78. The Morgan fingerprint density at radius 1 is 1.23 bits per heavy atom. The molecule has 30 heavy (non-hydrogen) atoms. The summed E-state index contributed by atoms with van der Waals surface area (Å²) in [5.74, 6) is 0.237. The molecule has 6 heteroatoms. The third kappa shape index (κ3) is 7.88. The average molecular weight is 423 g/mol. The van der Waals surface area contributed by atoms with E-state index in [-0.39, 0.29) is 23.5 Å². The number of aliphatic hydroxyl groups is 1. The van der Waals surface area contributed by atoms with Gasteiger partial charge in [0, 0.05) is 25.2 Å². The largest absolute Gasteiger partial charge is 0.444 e. The first-order valence-corrected chi connectivity index (χ1v) is 11.0. The molecule has 0 radical (unpaired) electrons. The number of rotatable bonds is 7. The molecule has 1 fully saturated rings. The predicted octanol–water partition coefficient (Wildman–Crippen LogP) is 5.04. The van der Waals surface area contributed by atoms with Crippen molar-refractivity contribution in [3.8, 4) is 0 Å². The Labute approximate surface area is 181 Å². The van der Waals surface area contributed by atoms with E-state index >= 15 is 0 Å². The summed E-state index contributed by atoms with van der Waals surface area (Å²) in [7, 11) is 1.83. The van der Waals surface area contributed by atoms with E-state index in [2.05, 4.69) is 19.2 Å². The van der Waals surface area contributed by atoms with Gasteiger partial charge in [-0.1, -0.05) is 12.1 Å². The van der Waals surface area contributed by atoms with Gasteiger partial charge in [0.15, 0.2) is 0 Å². The van der Waals surface area contributed by atoms with Crippen molar-refractivity contribution in [1.82, 2.24) is 10.2 Å². The minimum atomic E-state index is -0.738. The van der Waals surface area contributed by atoms with Crippen molar-refractivity contribution in [3.05, 3.63) is 35.6 Å². The normalized spacial score (nSPS) is 21.2. The maximum atomic E-state index is 13.4. The van der Waals surface area contributed by atoms with Crippen molar-refractivity contribution in [2.75, 3.05) is 13.6 Å². The summed E-state index contributed by atoms with van der Waals surface area (Å²) in [6.45, 7) is 10.3. The highest BCUT2D eigenvalue weighted by molar-refractivity contribution is 5.68. The first-order chi connectivity index (χ1) is 13.9. The molecule has 0 unspecified atom stereocenters. The number of aliphatic hydroxyl groups excluding tert-OH is 1. The molecule has 1 aliphatic rings. The Bertz CT molecular complexity index is 694. The molecule has 0 spiro atoms. The molecule has 0 saturated heterocycles. The minimum absolute atomic E-state index is 0.136. The average Bonchev–Trinajstić information content (AvgIpc) is 2.64. The number of hydrogen-bond acceptors (Lipinski definition) is 4. The molecule has 1 aromatic rings.